The van der Waals surface area contributed by atoms with Crippen molar-refractivity contribution in [2.45, 2.75) is 4.90 Å². The average Bonchev–Trinajstić information content (AvgIpc) is 2.82. The molecule has 0 saturated carbocycles. The number of fused-ring (bicyclic) bond motifs is 1. The Morgan fingerprint density at radius 2 is 2.00 bits per heavy atom. The molecule has 3 rings (SSSR count). The molecule has 2 aromatic carbocycles. The summed E-state index contributed by atoms with van der Waals surface area (Å²) >= 11 is 1.65. The second-order valence-electron chi connectivity index (χ2n) is 4.26. The Hall–Kier alpha value is -2.45. The molecule has 1 heterocycles. The number of anilines is 1. The van der Waals surface area contributed by atoms with Crippen LogP contribution in [0.2, 0.25) is 0 Å². The first-order chi connectivity index (χ1) is 9.76. The maximum Gasteiger partial charge on any atom is 0.206 e. The van der Waals surface area contributed by atoms with Crippen LogP contribution >= 0.6 is 11.8 Å². The molecule has 0 saturated heterocycles. The fourth-order valence-corrected chi connectivity index (χ4v) is 2.86. The monoisotopic (exact) mass is 280 g/mol. The Labute approximate surface area is 120 Å². The summed E-state index contributed by atoms with van der Waals surface area (Å²) in [6.45, 7) is 0. The molecule has 2 N–H and O–H groups in total. The minimum absolute atomic E-state index is 0.393. The zero-order chi connectivity index (χ0) is 14.1. The third-order valence-electron chi connectivity index (χ3n) is 3.16. The van der Waals surface area contributed by atoms with Gasteiger partial charge in [0, 0.05) is 4.90 Å². The van der Waals surface area contributed by atoms with E-state index in [-0.39, 0.29) is 0 Å². The van der Waals surface area contributed by atoms with Gasteiger partial charge in [-0.1, -0.05) is 18.2 Å². The molecule has 4 nitrogen and oxygen atoms in total. The predicted octanol–water partition coefficient (Wildman–Crippen LogP) is 3.20. The highest BCUT2D eigenvalue weighted by Gasteiger charge is 2.14. The number of aromatic nitrogens is 2. The molecule has 0 aliphatic rings. The predicted molar refractivity (Wildman–Crippen MR) is 82.0 cm³/mol. The van der Waals surface area contributed by atoms with E-state index in [2.05, 4.69) is 11.1 Å². The first-order valence-corrected chi connectivity index (χ1v) is 7.29. The van der Waals surface area contributed by atoms with E-state index in [0.29, 0.717) is 17.0 Å². The van der Waals surface area contributed by atoms with Gasteiger partial charge < -0.3 is 5.73 Å². The third kappa shape index (κ3) is 1.82. The number of benzene rings is 2. The smallest absolute Gasteiger partial charge is 0.206 e. The van der Waals surface area contributed by atoms with E-state index in [4.69, 9.17) is 11.0 Å². The molecular formula is C15H12N4S. The van der Waals surface area contributed by atoms with Crippen molar-refractivity contribution >= 4 is 28.7 Å². The van der Waals surface area contributed by atoms with Gasteiger partial charge in [0.2, 0.25) is 5.95 Å². The summed E-state index contributed by atoms with van der Waals surface area (Å²) < 4.78 is 1.89. The molecule has 0 aliphatic carbocycles. The van der Waals surface area contributed by atoms with Crippen molar-refractivity contribution in [1.29, 1.82) is 5.26 Å². The lowest BCUT2D eigenvalue weighted by Gasteiger charge is -2.10. The second-order valence-corrected chi connectivity index (χ2v) is 5.11. The number of imidazole rings is 1. The highest BCUT2D eigenvalue weighted by molar-refractivity contribution is 7.98. The maximum absolute atomic E-state index is 9.16. The average molecular weight is 280 g/mol. The van der Waals surface area contributed by atoms with Gasteiger partial charge in [-0.2, -0.15) is 5.26 Å². The fraction of sp³-hybridized carbons (Fsp3) is 0.0667. The maximum atomic E-state index is 9.16. The number of hydrogen-bond donors (Lipinski definition) is 1. The molecule has 3 aromatic rings. The number of thioether (sulfide) groups is 1. The summed E-state index contributed by atoms with van der Waals surface area (Å²) in [5.41, 5.74) is 9.08. The fourth-order valence-electron chi connectivity index (χ4n) is 2.28. The molecule has 5 heteroatoms. The normalized spacial score (nSPS) is 10.6. The van der Waals surface area contributed by atoms with E-state index in [1.165, 1.54) is 0 Å². The first-order valence-electron chi connectivity index (χ1n) is 6.06. The van der Waals surface area contributed by atoms with Crippen LogP contribution in [0.1, 0.15) is 5.56 Å². The minimum Gasteiger partial charge on any atom is -0.369 e. The van der Waals surface area contributed by atoms with E-state index in [9.17, 15) is 0 Å². The van der Waals surface area contributed by atoms with Crippen molar-refractivity contribution in [2.24, 2.45) is 0 Å². The Morgan fingerprint density at radius 3 is 2.75 bits per heavy atom. The Balaban J connectivity index is 2.38. The molecule has 0 unspecified atom stereocenters. The van der Waals surface area contributed by atoms with Crippen LogP contribution in [0.4, 0.5) is 5.95 Å². The zero-order valence-corrected chi connectivity index (χ0v) is 11.7. The quantitative estimate of drug-likeness (QED) is 0.732. The number of rotatable bonds is 2. The van der Waals surface area contributed by atoms with E-state index >= 15 is 0 Å². The Bertz CT molecular complexity index is 829. The standard InChI is InChI=1S/C15H12N4S/c1-20-13-8-3-2-6-11(13)19-12-7-4-5-10(9-16)14(12)18-15(19)17/h2-8H,1H3,(H2,17,18). The molecule has 0 spiro atoms. The van der Waals surface area contributed by atoms with Crippen molar-refractivity contribution in [3.8, 4) is 11.8 Å². The highest BCUT2D eigenvalue weighted by Crippen LogP contribution is 2.30. The summed E-state index contributed by atoms with van der Waals surface area (Å²) in [5.74, 6) is 0.393. The molecule has 1 aromatic heterocycles. The summed E-state index contributed by atoms with van der Waals surface area (Å²) in [6, 6.07) is 15.7. The lowest BCUT2D eigenvalue weighted by atomic mass is 10.2. The van der Waals surface area contributed by atoms with Crippen LogP contribution in [0.25, 0.3) is 16.7 Å². The van der Waals surface area contributed by atoms with Gasteiger partial charge in [-0.25, -0.2) is 4.98 Å². The van der Waals surface area contributed by atoms with Crippen LogP contribution in [0, 0.1) is 11.3 Å². The number of hydrogen-bond acceptors (Lipinski definition) is 4. The molecule has 98 valence electrons. The molecule has 0 radical (unpaired) electrons. The van der Waals surface area contributed by atoms with Gasteiger partial charge in [0.15, 0.2) is 0 Å². The molecule has 0 amide bonds. The van der Waals surface area contributed by atoms with Crippen molar-refractivity contribution in [2.75, 3.05) is 12.0 Å². The van der Waals surface area contributed by atoms with Crippen molar-refractivity contribution < 1.29 is 0 Å². The van der Waals surface area contributed by atoms with Gasteiger partial charge in [0.05, 0.1) is 16.8 Å². The van der Waals surface area contributed by atoms with Gasteiger partial charge >= 0.3 is 0 Å². The summed E-state index contributed by atoms with van der Waals surface area (Å²) in [7, 11) is 0. The minimum atomic E-state index is 0.393. The Morgan fingerprint density at radius 1 is 1.20 bits per heavy atom. The van der Waals surface area contributed by atoms with Crippen LogP contribution in [-0.4, -0.2) is 15.8 Å². The van der Waals surface area contributed by atoms with Crippen LogP contribution in [0.3, 0.4) is 0 Å². The highest BCUT2D eigenvalue weighted by atomic mass is 32.2. The van der Waals surface area contributed by atoms with Gasteiger partial charge in [-0.3, -0.25) is 4.57 Å². The van der Waals surface area contributed by atoms with Crippen LogP contribution < -0.4 is 5.73 Å². The largest absolute Gasteiger partial charge is 0.369 e. The summed E-state index contributed by atoms with van der Waals surface area (Å²) in [6.07, 6.45) is 2.02. The van der Waals surface area contributed by atoms with Gasteiger partial charge in [0.1, 0.15) is 11.6 Å². The SMILES string of the molecule is CSc1ccccc1-n1c(N)nc2c(C#N)cccc21. The zero-order valence-electron chi connectivity index (χ0n) is 10.9. The molecule has 0 bridgehead atoms. The number of nitriles is 1. The van der Waals surface area contributed by atoms with Gasteiger partial charge in [-0.15, -0.1) is 11.8 Å². The van der Waals surface area contributed by atoms with E-state index in [0.717, 1.165) is 16.1 Å². The number of nitrogen functional groups attached to an aromatic ring is 1. The van der Waals surface area contributed by atoms with Crippen molar-refractivity contribution in [3.63, 3.8) is 0 Å². The van der Waals surface area contributed by atoms with Crippen molar-refractivity contribution in [1.82, 2.24) is 9.55 Å². The van der Waals surface area contributed by atoms with Gasteiger partial charge in [-0.05, 0) is 30.5 Å². The number of nitrogens with zero attached hydrogens (tertiary/aromatic N) is 3. The molecule has 20 heavy (non-hydrogen) atoms. The first kappa shape index (κ1) is 12.6. The van der Waals surface area contributed by atoms with Crippen molar-refractivity contribution in [3.05, 3.63) is 48.0 Å². The van der Waals surface area contributed by atoms with Crippen LogP contribution in [0.5, 0.6) is 0 Å². The summed E-state index contributed by atoms with van der Waals surface area (Å²) in [5, 5.41) is 9.16. The van der Waals surface area contributed by atoms with Crippen LogP contribution in [0.15, 0.2) is 47.4 Å². The lowest BCUT2D eigenvalue weighted by molar-refractivity contribution is 1.07. The third-order valence-corrected chi connectivity index (χ3v) is 3.94. The second kappa shape index (κ2) is 4.91. The van der Waals surface area contributed by atoms with E-state index in [1.807, 2.05) is 47.2 Å². The molecular weight excluding hydrogens is 268 g/mol. The topological polar surface area (TPSA) is 67.6 Å². The molecule has 0 aliphatic heterocycles. The number of nitrogens with two attached hydrogens (primary N) is 1. The molecule has 0 fully saturated rings. The molecule has 0 atom stereocenters. The van der Waals surface area contributed by atoms with E-state index < -0.39 is 0 Å². The Kier molecular flexibility index (Phi) is 3.09. The van der Waals surface area contributed by atoms with E-state index in [1.54, 1.807) is 17.8 Å². The number of para-hydroxylation sites is 2. The summed E-state index contributed by atoms with van der Waals surface area (Å²) in [4.78, 5) is 5.46. The van der Waals surface area contributed by atoms with Gasteiger partial charge in [0.25, 0.3) is 0 Å². The van der Waals surface area contributed by atoms with Crippen LogP contribution in [-0.2, 0) is 0 Å². The lowest BCUT2D eigenvalue weighted by Crippen LogP contribution is -2.01.